The molecule has 3 heterocycles. The lowest BCUT2D eigenvalue weighted by atomic mass is 10.00. The van der Waals surface area contributed by atoms with E-state index in [0.29, 0.717) is 17.1 Å². The first-order valence-corrected chi connectivity index (χ1v) is 14.3. The quantitative estimate of drug-likeness (QED) is 0.312. The van der Waals surface area contributed by atoms with Crippen LogP contribution < -0.4 is 26.0 Å². The Morgan fingerprint density at radius 1 is 0.976 bits per heavy atom. The van der Waals surface area contributed by atoms with Crippen molar-refractivity contribution in [3.63, 3.8) is 0 Å². The van der Waals surface area contributed by atoms with Crippen molar-refractivity contribution in [2.45, 2.75) is 13.8 Å². The van der Waals surface area contributed by atoms with Gasteiger partial charge < -0.3 is 29.9 Å². The third-order valence-corrected chi connectivity index (χ3v) is 8.00. The summed E-state index contributed by atoms with van der Waals surface area (Å²) in [6, 6.07) is 19.2. The van der Waals surface area contributed by atoms with E-state index in [4.69, 9.17) is 0 Å². The molecule has 0 atom stereocenters. The van der Waals surface area contributed by atoms with Crippen molar-refractivity contribution < 1.29 is 4.79 Å². The summed E-state index contributed by atoms with van der Waals surface area (Å²) in [5.74, 6) is 0.436. The molecule has 9 nitrogen and oxygen atoms in total. The number of carbonyl (C=O) groups excluding carboxylic acids is 1. The molecule has 2 aromatic heterocycles. The van der Waals surface area contributed by atoms with Crippen LogP contribution in [0.4, 0.5) is 28.6 Å². The third kappa shape index (κ3) is 6.31. The molecule has 218 valence electrons. The molecule has 9 heteroatoms. The van der Waals surface area contributed by atoms with Gasteiger partial charge in [-0.15, -0.1) is 0 Å². The van der Waals surface area contributed by atoms with E-state index in [1.165, 1.54) is 0 Å². The summed E-state index contributed by atoms with van der Waals surface area (Å²) in [6.45, 7) is 8.93. The van der Waals surface area contributed by atoms with Crippen molar-refractivity contribution in [2.24, 2.45) is 7.05 Å². The Kier molecular flexibility index (Phi) is 8.59. The number of amides is 1. The van der Waals surface area contributed by atoms with Gasteiger partial charge in [0, 0.05) is 75.5 Å². The topological polar surface area (TPSA) is 85.7 Å². The van der Waals surface area contributed by atoms with Crippen molar-refractivity contribution in [1.29, 1.82) is 0 Å². The highest BCUT2D eigenvalue weighted by molar-refractivity contribution is 6.05. The molecule has 42 heavy (non-hydrogen) atoms. The first-order chi connectivity index (χ1) is 20.2. The summed E-state index contributed by atoms with van der Waals surface area (Å²) in [4.78, 5) is 37.5. The van der Waals surface area contributed by atoms with Crippen LogP contribution in [-0.2, 0) is 7.05 Å². The van der Waals surface area contributed by atoms with Crippen molar-refractivity contribution in [1.82, 2.24) is 14.5 Å². The number of rotatable bonds is 8. The highest BCUT2D eigenvalue weighted by Gasteiger charge is 2.16. The molecular formula is C33H39N7O2. The summed E-state index contributed by atoms with van der Waals surface area (Å²) in [7, 11) is 5.89. The molecule has 1 aliphatic rings. The normalized spacial score (nSPS) is 13.6. The summed E-state index contributed by atoms with van der Waals surface area (Å²) in [6.07, 6.45) is 3.67. The molecule has 5 rings (SSSR count). The van der Waals surface area contributed by atoms with Crippen LogP contribution >= 0.6 is 0 Å². The van der Waals surface area contributed by atoms with Crippen LogP contribution in [0.25, 0.3) is 11.1 Å². The monoisotopic (exact) mass is 565 g/mol. The zero-order valence-electron chi connectivity index (χ0n) is 25.0. The fourth-order valence-electron chi connectivity index (χ4n) is 5.13. The summed E-state index contributed by atoms with van der Waals surface area (Å²) >= 11 is 0. The van der Waals surface area contributed by atoms with Crippen LogP contribution in [0.3, 0.4) is 0 Å². The number of hydrogen-bond donors (Lipinski definition) is 2. The van der Waals surface area contributed by atoms with Gasteiger partial charge in [-0.3, -0.25) is 9.59 Å². The Bertz CT molecular complexity index is 1610. The number of piperazine rings is 1. The van der Waals surface area contributed by atoms with E-state index >= 15 is 0 Å². The van der Waals surface area contributed by atoms with Gasteiger partial charge in [-0.05, 0) is 80.6 Å². The Labute approximate surface area is 247 Å². The van der Waals surface area contributed by atoms with Crippen molar-refractivity contribution in [3.8, 4) is 11.1 Å². The first-order valence-electron chi connectivity index (χ1n) is 14.3. The lowest BCUT2D eigenvalue weighted by Crippen LogP contribution is -2.44. The number of carbonyl (C=O) groups is 1. The molecule has 4 aromatic rings. The maximum Gasteiger partial charge on any atom is 0.274 e. The number of pyridine rings is 2. The van der Waals surface area contributed by atoms with Crippen LogP contribution in [0.1, 0.15) is 22.8 Å². The SMILES string of the molecule is CCN(C)c1ccc(C(=O)Nc2cccc(-c3cc(Nc4ccc(N5CCN(C)CC5)cn4)c(=O)n(C)c3)c2C)cc1. The van der Waals surface area contributed by atoms with Gasteiger partial charge >= 0.3 is 0 Å². The van der Waals surface area contributed by atoms with Gasteiger partial charge in [0.2, 0.25) is 0 Å². The molecule has 2 aromatic carbocycles. The van der Waals surface area contributed by atoms with E-state index in [0.717, 1.165) is 66.5 Å². The zero-order valence-corrected chi connectivity index (χ0v) is 25.0. The highest BCUT2D eigenvalue weighted by Crippen LogP contribution is 2.30. The Morgan fingerprint density at radius 3 is 2.38 bits per heavy atom. The molecule has 0 bridgehead atoms. The fraction of sp³-hybridized carbons (Fsp3) is 0.303. The predicted molar refractivity (Wildman–Crippen MR) is 172 cm³/mol. The standard InChI is InChI=1S/C33H39N7O2/c1-6-38(4)26-12-10-24(11-13-26)32(41)36-29-9-7-8-28(23(29)2)25-20-30(33(42)39(5)22-25)35-31-15-14-27(21-34-31)40-18-16-37(3)17-19-40/h7-15,20-22H,6,16-19H2,1-5H3,(H,34,35)(H,36,41). The van der Waals surface area contributed by atoms with Gasteiger partial charge in [0.15, 0.2) is 0 Å². The van der Waals surface area contributed by atoms with Crippen LogP contribution in [0.2, 0.25) is 0 Å². The van der Waals surface area contributed by atoms with Crippen molar-refractivity contribution in [3.05, 3.63) is 94.5 Å². The van der Waals surface area contributed by atoms with Gasteiger partial charge in [-0.2, -0.15) is 0 Å². The van der Waals surface area contributed by atoms with E-state index in [1.54, 1.807) is 11.6 Å². The van der Waals surface area contributed by atoms with E-state index in [-0.39, 0.29) is 11.5 Å². The lowest BCUT2D eigenvalue weighted by molar-refractivity contribution is 0.102. The Hall–Kier alpha value is -4.63. The molecule has 0 radical (unpaired) electrons. The molecule has 1 aliphatic heterocycles. The Morgan fingerprint density at radius 2 is 1.71 bits per heavy atom. The summed E-state index contributed by atoms with van der Waals surface area (Å²) < 4.78 is 1.57. The molecule has 1 amide bonds. The van der Waals surface area contributed by atoms with Gasteiger partial charge in [0.05, 0.1) is 11.9 Å². The number of aryl methyl sites for hydroxylation is 1. The van der Waals surface area contributed by atoms with E-state index in [9.17, 15) is 9.59 Å². The number of nitrogens with zero attached hydrogens (tertiary/aromatic N) is 5. The van der Waals surface area contributed by atoms with Gasteiger partial charge in [0.25, 0.3) is 11.5 Å². The van der Waals surface area contributed by atoms with Crippen LogP contribution in [-0.4, -0.2) is 67.2 Å². The maximum atomic E-state index is 13.1. The number of nitrogens with one attached hydrogen (secondary N) is 2. The first kappa shape index (κ1) is 28.9. The van der Waals surface area contributed by atoms with E-state index in [2.05, 4.69) is 44.3 Å². The molecule has 1 saturated heterocycles. The lowest BCUT2D eigenvalue weighted by Gasteiger charge is -2.33. The minimum atomic E-state index is -0.171. The number of hydrogen-bond acceptors (Lipinski definition) is 7. The van der Waals surface area contributed by atoms with Gasteiger partial charge in [-0.25, -0.2) is 4.98 Å². The molecular weight excluding hydrogens is 526 g/mol. The number of benzene rings is 2. The van der Waals surface area contributed by atoms with E-state index in [1.807, 2.05) is 87.0 Å². The van der Waals surface area contributed by atoms with E-state index < -0.39 is 0 Å². The van der Waals surface area contributed by atoms with Crippen LogP contribution in [0.5, 0.6) is 0 Å². The Balaban J connectivity index is 1.35. The molecule has 0 unspecified atom stereocenters. The second kappa shape index (κ2) is 12.5. The number of likely N-dealkylation sites (N-methyl/N-ethyl adjacent to an activating group) is 1. The highest BCUT2D eigenvalue weighted by atomic mass is 16.1. The average molecular weight is 566 g/mol. The molecule has 0 saturated carbocycles. The van der Waals surface area contributed by atoms with Crippen molar-refractivity contribution >= 4 is 34.5 Å². The minimum Gasteiger partial charge on any atom is -0.375 e. The molecule has 0 spiro atoms. The second-order valence-corrected chi connectivity index (χ2v) is 10.9. The second-order valence-electron chi connectivity index (χ2n) is 10.9. The largest absolute Gasteiger partial charge is 0.375 e. The minimum absolute atomic E-state index is 0.150. The maximum absolute atomic E-state index is 13.1. The fourth-order valence-corrected chi connectivity index (χ4v) is 5.13. The molecule has 1 fully saturated rings. The van der Waals surface area contributed by atoms with Crippen molar-refractivity contribution in [2.75, 3.05) is 67.3 Å². The third-order valence-electron chi connectivity index (χ3n) is 8.00. The van der Waals surface area contributed by atoms with Crippen LogP contribution in [0.15, 0.2) is 77.9 Å². The zero-order chi connectivity index (χ0) is 29.8. The van der Waals surface area contributed by atoms with Gasteiger partial charge in [-0.1, -0.05) is 12.1 Å². The smallest absolute Gasteiger partial charge is 0.274 e. The number of aromatic nitrogens is 2. The molecule has 2 N–H and O–H groups in total. The summed E-state index contributed by atoms with van der Waals surface area (Å²) in [5, 5.41) is 6.28. The van der Waals surface area contributed by atoms with Crippen LogP contribution in [0, 0.1) is 6.92 Å². The number of anilines is 5. The molecule has 0 aliphatic carbocycles. The predicted octanol–water partition coefficient (Wildman–Crippen LogP) is 4.96. The average Bonchev–Trinajstić information content (AvgIpc) is 3.01. The van der Waals surface area contributed by atoms with Gasteiger partial charge in [0.1, 0.15) is 11.5 Å². The summed E-state index contributed by atoms with van der Waals surface area (Å²) in [5.41, 5.74) is 6.42.